The van der Waals surface area contributed by atoms with Crippen molar-refractivity contribution in [1.29, 1.82) is 0 Å². The number of methoxy groups -OCH3 is 5. The molecule has 3 aromatic rings. The molecule has 4 rings (SSSR count). The van der Waals surface area contributed by atoms with E-state index in [4.69, 9.17) is 28.1 Å². The quantitative estimate of drug-likeness (QED) is 0.383. The number of hydrogen-bond donors (Lipinski definition) is 1. The molecule has 208 valence electrons. The van der Waals surface area contributed by atoms with Gasteiger partial charge < -0.3 is 33.2 Å². The van der Waals surface area contributed by atoms with Gasteiger partial charge >= 0.3 is 5.97 Å². The maximum Gasteiger partial charge on any atom is 0.306 e. The lowest BCUT2D eigenvalue weighted by molar-refractivity contribution is -0.140. The van der Waals surface area contributed by atoms with Gasteiger partial charge in [0, 0.05) is 19.2 Å². The summed E-state index contributed by atoms with van der Waals surface area (Å²) in [4.78, 5) is 27.3. The Balaban J connectivity index is 1.67. The van der Waals surface area contributed by atoms with Crippen LogP contribution in [0, 0.1) is 0 Å². The first kappa shape index (κ1) is 27.8. The number of ether oxygens (including phenoxy) is 5. The maximum absolute atomic E-state index is 12.8. The molecule has 0 saturated heterocycles. The van der Waals surface area contributed by atoms with Gasteiger partial charge in [0.2, 0.25) is 11.2 Å². The smallest absolute Gasteiger partial charge is 0.306 e. The van der Waals surface area contributed by atoms with Crippen LogP contribution in [0.3, 0.4) is 0 Å². The highest BCUT2D eigenvalue weighted by atomic mass is 16.5. The predicted molar refractivity (Wildman–Crippen MR) is 142 cm³/mol. The van der Waals surface area contributed by atoms with E-state index in [1.165, 1.54) is 33.0 Å². The van der Waals surface area contributed by atoms with Gasteiger partial charge in [0.05, 0.1) is 54.4 Å². The normalized spacial score (nSPS) is 13.8. The van der Waals surface area contributed by atoms with E-state index in [1.54, 1.807) is 32.4 Å². The zero-order valence-corrected chi connectivity index (χ0v) is 22.7. The molecule has 1 N–H and O–H groups in total. The largest absolute Gasteiger partial charge is 0.502 e. The summed E-state index contributed by atoms with van der Waals surface area (Å²) in [6.07, 6.45) is 0.617. The van der Waals surface area contributed by atoms with E-state index in [0.29, 0.717) is 47.4 Å². The van der Waals surface area contributed by atoms with Crippen LogP contribution in [0.5, 0.6) is 28.7 Å². The fourth-order valence-electron chi connectivity index (χ4n) is 4.85. The molecule has 2 heterocycles. The van der Waals surface area contributed by atoms with Gasteiger partial charge in [-0.1, -0.05) is 6.07 Å². The molecule has 0 fully saturated rings. The highest BCUT2D eigenvalue weighted by Crippen LogP contribution is 2.38. The lowest BCUT2D eigenvalue weighted by Crippen LogP contribution is -2.30. The van der Waals surface area contributed by atoms with Crippen molar-refractivity contribution in [2.75, 3.05) is 42.1 Å². The van der Waals surface area contributed by atoms with E-state index in [2.05, 4.69) is 4.90 Å². The Morgan fingerprint density at radius 2 is 1.56 bits per heavy atom. The van der Waals surface area contributed by atoms with Crippen molar-refractivity contribution in [3.63, 3.8) is 0 Å². The molecule has 0 saturated carbocycles. The van der Waals surface area contributed by atoms with E-state index < -0.39 is 23.1 Å². The number of nitrogens with zero attached hydrogens (tertiary/aromatic N) is 1. The second-order valence-electron chi connectivity index (χ2n) is 9.17. The fourth-order valence-corrected chi connectivity index (χ4v) is 4.85. The van der Waals surface area contributed by atoms with Gasteiger partial charge in [0.1, 0.15) is 5.76 Å². The summed E-state index contributed by atoms with van der Waals surface area (Å²) < 4.78 is 32.6. The Labute approximate surface area is 226 Å². The summed E-state index contributed by atoms with van der Waals surface area (Å²) in [5.41, 5.74) is 2.25. The standard InChI is InChI=1S/C29H33NO9/c1-34-23-7-6-18(11-24(23)35-2)21(14-27(32)38-5)29-28(33)22(31)13-20(39-29)16-30-9-8-17-10-25(36-3)26(37-4)12-19(17)15-30/h6-7,10-13,21,33H,8-9,14-16H2,1-5H3. The average Bonchev–Trinajstić information content (AvgIpc) is 2.96. The van der Waals surface area contributed by atoms with Crippen LogP contribution in [0.25, 0.3) is 0 Å². The zero-order chi connectivity index (χ0) is 28.1. The molecule has 1 aliphatic rings. The maximum atomic E-state index is 12.8. The third kappa shape index (κ3) is 5.96. The summed E-state index contributed by atoms with van der Waals surface area (Å²) in [7, 11) is 7.50. The molecule has 1 aliphatic heterocycles. The first-order valence-corrected chi connectivity index (χ1v) is 12.4. The minimum absolute atomic E-state index is 0.0149. The topological polar surface area (TPSA) is 117 Å². The lowest BCUT2D eigenvalue weighted by Gasteiger charge is -2.29. The van der Waals surface area contributed by atoms with Crippen molar-refractivity contribution in [1.82, 2.24) is 4.90 Å². The first-order chi connectivity index (χ1) is 18.8. The molecule has 0 spiro atoms. The Hall–Kier alpha value is -4.18. The van der Waals surface area contributed by atoms with Gasteiger partial charge in [-0.3, -0.25) is 14.5 Å². The van der Waals surface area contributed by atoms with Crippen LogP contribution in [0.15, 0.2) is 45.6 Å². The Morgan fingerprint density at radius 1 is 0.923 bits per heavy atom. The van der Waals surface area contributed by atoms with Crippen molar-refractivity contribution in [2.24, 2.45) is 0 Å². The van der Waals surface area contributed by atoms with Crippen LogP contribution >= 0.6 is 0 Å². The van der Waals surface area contributed by atoms with Crippen molar-refractivity contribution in [2.45, 2.75) is 31.8 Å². The van der Waals surface area contributed by atoms with Gasteiger partial charge in [0.15, 0.2) is 28.8 Å². The number of carbonyl (C=O) groups is 1. The third-order valence-corrected chi connectivity index (χ3v) is 6.90. The fraction of sp³-hybridized carbons (Fsp3) is 0.379. The first-order valence-electron chi connectivity index (χ1n) is 12.4. The average molecular weight is 540 g/mol. The van der Waals surface area contributed by atoms with E-state index in [1.807, 2.05) is 12.1 Å². The molecule has 10 heteroatoms. The molecule has 2 aromatic carbocycles. The van der Waals surface area contributed by atoms with E-state index >= 15 is 0 Å². The number of rotatable bonds is 10. The number of carbonyl (C=O) groups excluding carboxylic acids is 1. The summed E-state index contributed by atoms with van der Waals surface area (Å²) in [6.45, 7) is 1.66. The van der Waals surface area contributed by atoms with Gasteiger partial charge in [-0.05, 0) is 47.4 Å². The van der Waals surface area contributed by atoms with E-state index in [0.717, 1.165) is 18.5 Å². The van der Waals surface area contributed by atoms with Crippen LogP contribution < -0.4 is 24.4 Å². The summed E-state index contributed by atoms with van der Waals surface area (Å²) >= 11 is 0. The van der Waals surface area contributed by atoms with Gasteiger partial charge in [-0.25, -0.2) is 0 Å². The van der Waals surface area contributed by atoms with Crippen LogP contribution in [0.1, 0.15) is 40.5 Å². The molecule has 10 nitrogen and oxygen atoms in total. The molecule has 0 radical (unpaired) electrons. The van der Waals surface area contributed by atoms with Gasteiger partial charge in [0.25, 0.3) is 0 Å². The highest BCUT2D eigenvalue weighted by molar-refractivity contribution is 5.71. The SMILES string of the molecule is COC(=O)CC(c1ccc(OC)c(OC)c1)c1oc(CN2CCc3cc(OC)c(OC)cc3C2)cc(=O)c1O. The van der Waals surface area contributed by atoms with Crippen LogP contribution in [-0.2, 0) is 29.0 Å². The third-order valence-electron chi connectivity index (χ3n) is 6.90. The molecule has 1 unspecified atom stereocenters. The van der Waals surface area contributed by atoms with Crippen molar-refractivity contribution in [3.8, 4) is 28.7 Å². The summed E-state index contributed by atoms with van der Waals surface area (Å²) in [6, 6.07) is 10.3. The summed E-state index contributed by atoms with van der Waals surface area (Å²) in [5.74, 6) is 0.735. The van der Waals surface area contributed by atoms with Crippen LogP contribution in [0.4, 0.5) is 0 Å². The minimum atomic E-state index is -0.802. The Kier molecular flexibility index (Phi) is 8.65. The molecule has 0 bridgehead atoms. The molecule has 0 amide bonds. The van der Waals surface area contributed by atoms with E-state index in [-0.39, 0.29) is 12.2 Å². The summed E-state index contributed by atoms with van der Waals surface area (Å²) in [5, 5.41) is 10.8. The molecule has 1 aromatic heterocycles. The lowest BCUT2D eigenvalue weighted by atomic mass is 9.91. The van der Waals surface area contributed by atoms with Crippen molar-refractivity contribution in [3.05, 3.63) is 74.8 Å². The second kappa shape index (κ2) is 12.1. The monoisotopic (exact) mass is 539 g/mol. The molecular formula is C29H33NO9. The minimum Gasteiger partial charge on any atom is -0.502 e. The highest BCUT2D eigenvalue weighted by Gasteiger charge is 2.28. The van der Waals surface area contributed by atoms with E-state index in [9.17, 15) is 14.7 Å². The number of aromatic hydroxyl groups is 1. The molecular weight excluding hydrogens is 506 g/mol. The number of hydrogen-bond acceptors (Lipinski definition) is 10. The zero-order valence-electron chi connectivity index (χ0n) is 22.7. The van der Waals surface area contributed by atoms with Crippen molar-refractivity contribution < 1.29 is 38.0 Å². The van der Waals surface area contributed by atoms with Crippen LogP contribution in [0.2, 0.25) is 0 Å². The molecule has 0 aliphatic carbocycles. The second-order valence-corrected chi connectivity index (χ2v) is 9.17. The molecule has 1 atom stereocenters. The molecule has 39 heavy (non-hydrogen) atoms. The number of esters is 1. The van der Waals surface area contributed by atoms with Gasteiger partial charge in [-0.15, -0.1) is 0 Å². The number of fused-ring (bicyclic) bond motifs is 1. The van der Waals surface area contributed by atoms with Crippen molar-refractivity contribution >= 4 is 5.97 Å². The number of benzene rings is 2. The van der Waals surface area contributed by atoms with Crippen LogP contribution in [-0.4, -0.2) is 58.1 Å². The Bertz CT molecular complexity index is 1400. The predicted octanol–water partition coefficient (Wildman–Crippen LogP) is 3.63. The Morgan fingerprint density at radius 3 is 2.21 bits per heavy atom. The van der Waals surface area contributed by atoms with Gasteiger partial charge in [-0.2, -0.15) is 0 Å².